The Hall–Kier alpha value is -3.22. The Kier molecular flexibility index (Phi) is 9.53. The molecule has 1 saturated heterocycles. The number of carbonyl (C=O) groups excluding carboxylic acids is 2. The molecule has 0 bridgehead atoms. The first-order valence-electron chi connectivity index (χ1n) is 13.7. The minimum atomic E-state index is -0.539. The first kappa shape index (κ1) is 27.8. The Morgan fingerprint density at radius 2 is 1.53 bits per heavy atom. The van der Waals surface area contributed by atoms with E-state index in [4.69, 9.17) is 0 Å². The van der Waals surface area contributed by atoms with Gasteiger partial charge in [-0.25, -0.2) is 0 Å². The Morgan fingerprint density at radius 1 is 0.868 bits per heavy atom. The topological polar surface area (TPSA) is 55.9 Å². The van der Waals surface area contributed by atoms with Crippen molar-refractivity contribution in [1.82, 2.24) is 20.0 Å². The number of hydrogen-bond acceptors (Lipinski definition) is 4. The number of carbonyl (C=O) groups is 2. The summed E-state index contributed by atoms with van der Waals surface area (Å²) in [5.74, 6) is 0.600. The molecule has 1 heterocycles. The molecular formula is C32H42N4O2. The van der Waals surface area contributed by atoms with Gasteiger partial charge < -0.3 is 20.0 Å². The highest BCUT2D eigenvalue weighted by Gasteiger charge is 2.35. The van der Waals surface area contributed by atoms with Crippen molar-refractivity contribution in [3.8, 4) is 0 Å². The van der Waals surface area contributed by atoms with E-state index in [2.05, 4.69) is 54.6 Å². The molecule has 0 radical (unpaired) electrons. The minimum Gasteiger partial charge on any atom is -0.341 e. The van der Waals surface area contributed by atoms with E-state index < -0.39 is 12.1 Å². The predicted molar refractivity (Wildman–Crippen MR) is 155 cm³/mol. The van der Waals surface area contributed by atoms with Crippen molar-refractivity contribution in [2.45, 2.75) is 37.8 Å². The molecule has 3 aromatic rings. The zero-order valence-corrected chi connectivity index (χ0v) is 23.3. The number of fused-ring (bicyclic) bond motifs is 1. The normalized spacial score (nSPS) is 16.0. The van der Waals surface area contributed by atoms with Crippen molar-refractivity contribution in [1.29, 1.82) is 0 Å². The Labute approximate surface area is 227 Å². The van der Waals surface area contributed by atoms with Crippen LogP contribution in [0, 0.1) is 5.92 Å². The number of likely N-dealkylation sites (N-methyl/N-ethyl adjacent to an activating group) is 2. The Bertz CT molecular complexity index is 1200. The lowest BCUT2D eigenvalue weighted by Gasteiger charge is -2.38. The van der Waals surface area contributed by atoms with E-state index in [0.717, 1.165) is 49.0 Å². The van der Waals surface area contributed by atoms with Gasteiger partial charge in [-0.15, -0.1) is 0 Å². The van der Waals surface area contributed by atoms with Gasteiger partial charge in [-0.1, -0.05) is 72.8 Å². The summed E-state index contributed by atoms with van der Waals surface area (Å²) in [4.78, 5) is 33.6. The van der Waals surface area contributed by atoms with Crippen LogP contribution in [0.1, 0.15) is 24.0 Å². The lowest BCUT2D eigenvalue weighted by molar-refractivity contribution is -0.146. The smallest absolute Gasteiger partial charge is 0.245 e. The summed E-state index contributed by atoms with van der Waals surface area (Å²) in [5.41, 5.74) is 2.15. The molecule has 0 spiro atoms. The fourth-order valence-corrected chi connectivity index (χ4v) is 5.60. The van der Waals surface area contributed by atoms with Gasteiger partial charge in [-0.3, -0.25) is 9.59 Å². The number of rotatable bonds is 10. The fraction of sp³-hybridized carbons (Fsp3) is 0.438. The van der Waals surface area contributed by atoms with Crippen molar-refractivity contribution in [3.05, 3.63) is 83.9 Å². The molecule has 38 heavy (non-hydrogen) atoms. The van der Waals surface area contributed by atoms with E-state index in [-0.39, 0.29) is 11.8 Å². The van der Waals surface area contributed by atoms with Gasteiger partial charge in [0.05, 0.1) is 6.04 Å². The number of nitrogens with one attached hydrogen (secondary N) is 1. The van der Waals surface area contributed by atoms with Crippen molar-refractivity contribution >= 4 is 22.6 Å². The summed E-state index contributed by atoms with van der Waals surface area (Å²) in [6.07, 6.45) is 3.07. The molecule has 4 rings (SSSR count). The van der Waals surface area contributed by atoms with Gasteiger partial charge in [0.15, 0.2) is 0 Å². The van der Waals surface area contributed by atoms with Gasteiger partial charge in [-0.2, -0.15) is 0 Å². The van der Waals surface area contributed by atoms with Crippen molar-refractivity contribution in [2.24, 2.45) is 5.92 Å². The molecule has 1 aliphatic rings. The van der Waals surface area contributed by atoms with Crippen molar-refractivity contribution in [2.75, 3.05) is 47.8 Å². The summed E-state index contributed by atoms with van der Waals surface area (Å²) in [6, 6.07) is 23.7. The Morgan fingerprint density at radius 3 is 2.18 bits per heavy atom. The van der Waals surface area contributed by atoms with Crippen LogP contribution in [0.25, 0.3) is 10.8 Å². The second-order valence-corrected chi connectivity index (χ2v) is 10.9. The van der Waals surface area contributed by atoms with Gasteiger partial charge in [0.2, 0.25) is 11.8 Å². The maximum Gasteiger partial charge on any atom is 0.245 e. The third-order valence-electron chi connectivity index (χ3n) is 7.82. The van der Waals surface area contributed by atoms with Crippen LogP contribution in [0.2, 0.25) is 0 Å². The molecule has 0 saturated carbocycles. The molecule has 202 valence electrons. The highest BCUT2D eigenvalue weighted by molar-refractivity contribution is 5.90. The summed E-state index contributed by atoms with van der Waals surface area (Å²) >= 11 is 0. The summed E-state index contributed by atoms with van der Waals surface area (Å²) < 4.78 is 0. The van der Waals surface area contributed by atoms with Gasteiger partial charge in [-0.05, 0) is 68.2 Å². The molecule has 0 aliphatic carbocycles. The summed E-state index contributed by atoms with van der Waals surface area (Å²) in [6.45, 7) is 2.54. The fourth-order valence-electron chi connectivity index (χ4n) is 5.60. The lowest BCUT2D eigenvalue weighted by atomic mass is 9.94. The second kappa shape index (κ2) is 13.0. The third kappa shape index (κ3) is 7.00. The number of piperidine rings is 1. The first-order chi connectivity index (χ1) is 18.4. The van der Waals surface area contributed by atoms with Gasteiger partial charge in [0.1, 0.15) is 6.04 Å². The van der Waals surface area contributed by atoms with Crippen molar-refractivity contribution < 1.29 is 9.59 Å². The van der Waals surface area contributed by atoms with Crippen LogP contribution in [-0.2, 0) is 22.4 Å². The van der Waals surface area contributed by atoms with Crippen LogP contribution in [0.3, 0.4) is 0 Å². The van der Waals surface area contributed by atoms with Crippen LogP contribution in [-0.4, -0.2) is 86.4 Å². The number of nitrogens with zero attached hydrogens (tertiary/aromatic N) is 3. The number of hydrogen-bond donors (Lipinski definition) is 1. The van der Waals surface area contributed by atoms with E-state index in [0.29, 0.717) is 18.8 Å². The highest BCUT2D eigenvalue weighted by Crippen LogP contribution is 2.22. The van der Waals surface area contributed by atoms with Crippen LogP contribution in [0.5, 0.6) is 0 Å². The summed E-state index contributed by atoms with van der Waals surface area (Å²) in [7, 11) is 7.81. The first-order valence-corrected chi connectivity index (χ1v) is 13.7. The predicted octanol–water partition coefficient (Wildman–Crippen LogP) is 3.84. The van der Waals surface area contributed by atoms with Crippen LogP contribution < -0.4 is 5.32 Å². The molecule has 0 aromatic heterocycles. The molecule has 2 atom stereocenters. The molecule has 6 heteroatoms. The zero-order chi connectivity index (χ0) is 27.1. The third-order valence-corrected chi connectivity index (χ3v) is 7.82. The summed E-state index contributed by atoms with van der Waals surface area (Å²) in [5, 5.41) is 5.57. The largest absolute Gasteiger partial charge is 0.341 e. The van der Waals surface area contributed by atoms with Crippen LogP contribution >= 0.6 is 0 Å². The lowest BCUT2D eigenvalue weighted by Crippen LogP contribution is -2.56. The molecule has 3 aromatic carbocycles. The monoisotopic (exact) mass is 514 g/mol. The maximum atomic E-state index is 13.9. The van der Waals surface area contributed by atoms with Crippen LogP contribution in [0.15, 0.2) is 72.8 Å². The molecular weight excluding hydrogens is 472 g/mol. The Balaban J connectivity index is 1.50. The van der Waals surface area contributed by atoms with Crippen LogP contribution in [0.4, 0.5) is 0 Å². The number of benzene rings is 3. The molecule has 1 unspecified atom stereocenters. The van der Waals surface area contributed by atoms with E-state index in [1.165, 1.54) is 5.39 Å². The van der Waals surface area contributed by atoms with E-state index in [1.54, 1.807) is 11.9 Å². The van der Waals surface area contributed by atoms with Crippen molar-refractivity contribution in [3.63, 3.8) is 0 Å². The highest BCUT2D eigenvalue weighted by atomic mass is 16.2. The van der Waals surface area contributed by atoms with Gasteiger partial charge in [0, 0.05) is 33.1 Å². The average molecular weight is 515 g/mol. The van der Waals surface area contributed by atoms with E-state index >= 15 is 0 Å². The van der Waals surface area contributed by atoms with Gasteiger partial charge >= 0.3 is 0 Å². The average Bonchev–Trinajstić information content (AvgIpc) is 2.94. The second-order valence-electron chi connectivity index (χ2n) is 10.9. The number of amides is 2. The van der Waals surface area contributed by atoms with E-state index in [9.17, 15) is 9.59 Å². The molecule has 1 fully saturated rings. The quantitative estimate of drug-likeness (QED) is 0.447. The molecule has 2 amide bonds. The molecule has 1 N–H and O–H groups in total. The van der Waals surface area contributed by atoms with E-state index in [1.807, 2.05) is 54.4 Å². The molecule has 1 aliphatic heterocycles. The zero-order valence-electron chi connectivity index (χ0n) is 23.3. The SMILES string of the molecule is CN[C@H](Cc1ccc2ccccc2c1)C(=O)N(C)C(Cc1ccccc1)C(=O)N1CCC(CN(C)C)CC1. The minimum absolute atomic E-state index is 0.0496. The maximum absolute atomic E-state index is 13.9. The van der Waals surface area contributed by atoms with Gasteiger partial charge in [0.25, 0.3) is 0 Å². The number of likely N-dealkylation sites (tertiary alicyclic amines) is 1. The standard InChI is InChI=1S/C32H42N4O2/c1-33-29(21-26-14-15-27-12-8-9-13-28(27)20-26)31(37)35(4)30(22-24-10-6-5-7-11-24)32(38)36-18-16-25(17-19-36)23-34(2)3/h5-15,20,25,29-30,33H,16-19,21-23H2,1-4H3/t29-,30?/m1/s1. The molecule has 6 nitrogen and oxygen atoms in total.